The summed E-state index contributed by atoms with van der Waals surface area (Å²) in [6.07, 6.45) is 4.80. The third-order valence-corrected chi connectivity index (χ3v) is 5.28. The van der Waals surface area contributed by atoms with Crippen LogP contribution in [0.1, 0.15) is 51.1 Å². The first kappa shape index (κ1) is 20.4. The van der Waals surface area contributed by atoms with Crippen LogP contribution in [-0.2, 0) is 9.59 Å². The minimum atomic E-state index is -0.0133. The van der Waals surface area contributed by atoms with Gasteiger partial charge in [0.05, 0.1) is 19.1 Å². The van der Waals surface area contributed by atoms with Crippen molar-refractivity contribution in [2.45, 2.75) is 45.6 Å². The van der Waals surface area contributed by atoms with Crippen molar-refractivity contribution in [3.63, 3.8) is 0 Å². The molecule has 1 saturated carbocycles. The Morgan fingerprint density at radius 3 is 2.27 bits per heavy atom. The van der Waals surface area contributed by atoms with Gasteiger partial charge in [-0.3, -0.25) is 14.5 Å². The maximum absolute atomic E-state index is 12.6. The summed E-state index contributed by atoms with van der Waals surface area (Å²) in [5, 5.41) is 3.23. The van der Waals surface area contributed by atoms with Gasteiger partial charge in [-0.15, -0.1) is 0 Å². The number of carbonyl (C=O) groups excluding carboxylic acids is 2. The number of benzene rings is 1. The zero-order valence-electron chi connectivity index (χ0n) is 16.4. The second-order valence-electron chi connectivity index (χ2n) is 7.24. The Bertz CT molecular complexity index is 566. The van der Waals surface area contributed by atoms with E-state index in [1.807, 2.05) is 39.1 Å². The Balaban J connectivity index is 1.93. The summed E-state index contributed by atoms with van der Waals surface area (Å²) < 4.78 is 0. The lowest BCUT2D eigenvalue weighted by molar-refractivity contribution is -0.132. The van der Waals surface area contributed by atoms with Gasteiger partial charge in [-0.05, 0) is 45.2 Å². The van der Waals surface area contributed by atoms with Gasteiger partial charge in [-0.2, -0.15) is 0 Å². The van der Waals surface area contributed by atoms with Crippen molar-refractivity contribution in [1.82, 2.24) is 15.1 Å². The number of hydrogen-bond acceptors (Lipinski definition) is 3. The highest BCUT2D eigenvalue weighted by Gasteiger charge is 2.28. The second-order valence-corrected chi connectivity index (χ2v) is 7.24. The average molecular weight is 360 g/mol. The second kappa shape index (κ2) is 10.3. The number of hydrogen-bond donors (Lipinski definition) is 1. The van der Waals surface area contributed by atoms with Gasteiger partial charge in [-0.25, -0.2) is 0 Å². The zero-order chi connectivity index (χ0) is 18.9. The Morgan fingerprint density at radius 2 is 1.69 bits per heavy atom. The number of rotatable bonds is 9. The van der Waals surface area contributed by atoms with Crippen LogP contribution < -0.4 is 5.32 Å². The molecule has 5 nitrogen and oxygen atoms in total. The third kappa shape index (κ3) is 5.84. The van der Waals surface area contributed by atoms with Crippen LogP contribution in [0.25, 0.3) is 0 Å². The lowest BCUT2D eigenvalue weighted by atomic mass is 9.91. The molecule has 0 radical (unpaired) electrons. The summed E-state index contributed by atoms with van der Waals surface area (Å²) in [6.45, 7) is 5.86. The lowest BCUT2D eigenvalue weighted by Gasteiger charge is -2.27. The summed E-state index contributed by atoms with van der Waals surface area (Å²) in [5.74, 6) is 0.560. The lowest BCUT2D eigenvalue weighted by Crippen LogP contribution is -2.44. The molecule has 1 fully saturated rings. The first-order valence-electron chi connectivity index (χ1n) is 9.85. The van der Waals surface area contributed by atoms with Gasteiger partial charge >= 0.3 is 0 Å². The van der Waals surface area contributed by atoms with Crippen molar-refractivity contribution in [2.75, 3.05) is 33.2 Å². The molecule has 2 amide bonds. The first-order valence-corrected chi connectivity index (χ1v) is 9.85. The van der Waals surface area contributed by atoms with Crippen molar-refractivity contribution in [3.8, 4) is 0 Å². The minimum absolute atomic E-state index is 0.0133. The Labute approximate surface area is 157 Å². The molecule has 2 rings (SSSR count). The molecule has 0 bridgehead atoms. The molecule has 1 aliphatic rings. The summed E-state index contributed by atoms with van der Waals surface area (Å²) in [5.41, 5.74) is 1.18. The topological polar surface area (TPSA) is 52.7 Å². The molecule has 0 spiro atoms. The van der Waals surface area contributed by atoms with Gasteiger partial charge in [0.25, 0.3) is 0 Å². The van der Waals surface area contributed by atoms with Crippen LogP contribution in [0, 0.1) is 5.92 Å². The maximum atomic E-state index is 12.6. The third-order valence-electron chi connectivity index (χ3n) is 5.28. The minimum Gasteiger partial charge on any atom is -0.348 e. The molecule has 1 unspecified atom stereocenters. The molecule has 0 aromatic heterocycles. The molecule has 1 N–H and O–H groups in total. The van der Waals surface area contributed by atoms with E-state index in [0.29, 0.717) is 19.0 Å². The van der Waals surface area contributed by atoms with Crippen LogP contribution in [0.2, 0.25) is 0 Å². The fourth-order valence-corrected chi connectivity index (χ4v) is 3.85. The van der Waals surface area contributed by atoms with E-state index in [0.717, 1.165) is 12.8 Å². The summed E-state index contributed by atoms with van der Waals surface area (Å²) in [6, 6.07) is 10.3. The van der Waals surface area contributed by atoms with Crippen molar-refractivity contribution >= 4 is 11.8 Å². The maximum Gasteiger partial charge on any atom is 0.236 e. The monoisotopic (exact) mass is 359 g/mol. The fourth-order valence-electron chi connectivity index (χ4n) is 3.85. The van der Waals surface area contributed by atoms with E-state index in [1.165, 1.54) is 18.4 Å². The number of amides is 2. The smallest absolute Gasteiger partial charge is 0.236 e. The molecular formula is C21H33N3O2. The molecule has 0 saturated heterocycles. The van der Waals surface area contributed by atoms with E-state index in [9.17, 15) is 9.59 Å². The standard InChI is InChI=1S/C21H33N3O2/c1-4-24(5-2)20(26)16-23(3)15-19(25)22-21(18-13-9-10-14-18)17-11-7-6-8-12-17/h6-8,11-12,18,21H,4-5,9-10,13-16H2,1-3H3,(H,22,25). The van der Waals surface area contributed by atoms with Crippen LogP contribution in [0.4, 0.5) is 0 Å². The zero-order valence-corrected chi connectivity index (χ0v) is 16.4. The summed E-state index contributed by atoms with van der Waals surface area (Å²) in [4.78, 5) is 28.4. The largest absolute Gasteiger partial charge is 0.348 e. The highest BCUT2D eigenvalue weighted by atomic mass is 16.2. The van der Waals surface area contributed by atoms with Gasteiger partial charge in [0.15, 0.2) is 0 Å². The van der Waals surface area contributed by atoms with Crippen molar-refractivity contribution in [3.05, 3.63) is 35.9 Å². The van der Waals surface area contributed by atoms with E-state index in [1.54, 1.807) is 9.80 Å². The molecule has 1 aromatic carbocycles. The molecule has 0 heterocycles. The molecular weight excluding hydrogens is 326 g/mol. The van der Waals surface area contributed by atoms with Crippen molar-refractivity contribution in [1.29, 1.82) is 0 Å². The highest BCUT2D eigenvalue weighted by Crippen LogP contribution is 2.35. The quantitative estimate of drug-likeness (QED) is 0.738. The molecule has 5 heteroatoms. The van der Waals surface area contributed by atoms with E-state index < -0.39 is 0 Å². The number of likely N-dealkylation sites (N-methyl/N-ethyl adjacent to an activating group) is 2. The van der Waals surface area contributed by atoms with E-state index in [2.05, 4.69) is 17.4 Å². The van der Waals surface area contributed by atoms with E-state index in [4.69, 9.17) is 0 Å². The van der Waals surface area contributed by atoms with E-state index >= 15 is 0 Å². The van der Waals surface area contributed by atoms with Gasteiger partial charge in [0, 0.05) is 13.1 Å². The molecule has 1 aliphatic carbocycles. The molecule has 144 valence electrons. The average Bonchev–Trinajstić information content (AvgIpc) is 3.15. The predicted octanol–water partition coefficient (Wildman–Crippen LogP) is 2.83. The van der Waals surface area contributed by atoms with Crippen molar-refractivity contribution in [2.24, 2.45) is 5.92 Å². The number of nitrogens with one attached hydrogen (secondary N) is 1. The normalized spacial score (nSPS) is 15.8. The molecule has 1 aromatic rings. The van der Waals surface area contributed by atoms with Gasteiger partial charge < -0.3 is 10.2 Å². The van der Waals surface area contributed by atoms with Crippen LogP contribution in [0.3, 0.4) is 0 Å². The highest BCUT2D eigenvalue weighted by molar-refractivity contribution is 5.81. The Kier molecular flexibility index (Phi) is 8.10. The van der Waals surface area contributed by atoms with Gasteiger partial charge in [0.2, 0.25) is 11.8 Å². The summed E-state index contributed by atoms with van der Waals surface area (Å²) >= 11 is 0. The van der Waals surface area contributed by atoms with Crippen LogP contribution >= 0.6 is 0 Å². The Hall–Kier alpha value is -1.88. The predicted molar refractivity (Wildman–Crippen MR) is 105 cm³/mol. The van der Waals surface area contributed by atoms with Crippen LogP contribution in [0.5, 0.6) is 0 Å². The SMILES string of the molecule is CCN(CC)C(=O)CN(C)CC(=O)NC(c1ccccc1)C1CCCC1. The van der Waals surface area contributed by atoms with Crippen LogP contribution in [0.15, 0.2) is 30.3 Å². The molecule has 26 heavy (non-hydrogen) atoms. The van der Waals surface area contributed by atoms with E-state index in [-0.39, 0.29) is 30.9 Å². The van der Waals surface area contributed by atoms with Gasteiger partial charge in [-0.1, -0.05) is 43.2 Å². The Morgan fingerprint density at radius 1 is 1.08 bits per heavy atom. The molecule has 1 atom stereocenters. The number of carbonyl (C=O) groups is 2. The fraction of sp³-hybridized carbons (Fsp3) is 0.619. The van der Waals surface area contributed by atoms with Crippen molar-refractivity contribution < 1.29 is 9.59 Å². The first-order chi connectivity index (χ1) is 12.5. The summed E-state index contributed by atoms with van der Waals surface area (Å²) in [7, 11) is 1.83. The number of nitrogens with zero attached hydrogens (tertiary/aromatic N) is 2. The van der Waals surface area contributed by atoms with Gasteiger partial charge in [0.1, 0.15) is 0 Å². The molecule has 0 aliphatic heterocycles. The van der Waals surface area contributed by atoms with Crippen LogP contribution in [-0.4, -0.2) is 54.8 Å².